The highest BCUT2D eigenvalue weighted by atomic mass is 32.2. The van der Waals surface area contributed by atoms with Crippen molar-refractivity contribution < 1.29 is 26.7 Å². The zero-order valence-corrected chi connectivity index (χ0v) is 15.7. The zero-order chi connectivity index (χ0) is 20.8. The number of fused-ring (bicyclic) bond motifs is 2. The summed E-state index contributed by atoms with van der Waals surface area (Å²) >= 11 is 0. The van der Waals surface area contributed by atoms with Crippen LogP contribution in [0.3, 0.4) is 0 Å². The quantitative estimate of drug-likeness (QED) is 0.704. The Balaban J connectivity index is 1.73. The molecular formula is C19H13F2N3O4S. The van der Waals surface area contributed by atoms with E-state index < -0.39 is 27.6 Å². The normalized spacial score (nSPS) is 13.2. The Kier molecular flexibility index (Phi) is 4.42. The number of halogens is 2. The molecule has 0 bridgehead atoms. The Bertz CT molecular complexity index is 1250. The highest BCUT2D eigenvalue weighted by Gasteiger charge is 2.28. The van der Waals surface area contributed by atoms with Crippen molar-refractivity contribution >= 4 is 27.4 Å². The second kappa shape index (κ2) is 6.82. The van der Waals surface area contributed by atoms with Gasteiger partial charge in [-0.1, -0.05) is 0 Å². The van der Waals surface area contributed by atoms with Gasteiger partial charge in [0.1, 0.15) is 5.75 Å². The number of ether oxygens (including phenoxy) is 1. The number of nitrogens with zero attached hydrogens (tertiary/aromatic N) is 2. The van der Waals surface area contributed by atoms with Gasteiger partial charge in [0.2, 0.25) is 0 Å². The van der Waals surface area contributed by atoms with E-state index >= 15 is 0 Å². The molecule has 0 spiro atoms. The maximum absolute atomic E-state index is 13.4. The minimum atomic E-state index is -4.18. The van der Waals surface area contributed by atoms with Crippen molar-refractivity contribution in [3.63, 3.8) is 0 Å². The van der Waals surface area contributed by atoms with Gasteiger partial charge in [0.25, 0.3) is 15.9 Å². The maximum Gasteiger partial charge on any atom is 0.263 e. The van der Waals surface area contributed by atoms with E-state index in [4.69, 9.17) is 4.74 Å². The Morgan fingerprint density at radius 1 is 1.03 bits per heavy atom. The fourth-order valence-electron chi connectivity index (χ4n) is 2.82. The van der Waals surface area contributed by atoms with E-state index in [0.29, 0.717) is 5.75 Å². The lowest BCUT2D eigenvalue weighted by atomic mass is 10.2. The molecule has 10 heteroatoms. The van der Waals surface area contributed by atoms with Crippen LogP contribution in [0, 0.1) is 11.6 Å². The van der Waals surface area contributed by atoms with Crippen LogP contribution < -0.4 is 14.4 Å². The number of pyridine rings is 1. The van der Waals surface area contributed by atoms with Gasteiger partial charge in [0.15, 0.2) is 23.2 Å². The second-order valence-corrected chi connectivity index (χ2v) is 7.87. The zero-order valence-electron chi connectivity index (χ0n) is 14.9. The lowest BCUT2D eigenvalue weighted by molar-refractivity contribution is 0.0992. The molecule has 3 aromatic rings. The molecule has 1 aromatic heterocycles. The molecule has 0 fully saturated rings. The summed E-state index contributed by atoms with van der Waals surface area (Å²) in [5.41, 5.74) is -0.145. The average Bonchev–Trinajstić information content (AvgIpc) is 2.79. The number of benzene rings is 2. The van der Waals surface area contributed by atoms with Gasteiger partial charge in [-0.15, -0.1) is 0 Å². The lowest BCUT2D eigenvalue weighted by Gasteiger charge is -2.14. The van der Waals surface area contributed by atoms with Gasteiger partial charge in [-0.3, -0.25) is 14.4 Å². The van der Waals surface area contributed by atoms with Gasteiger partial charge in [0.05, 0.1) is 16.1 Å². The largest absolute Gasteiger partial charge is 0.453 e. The third-order valence-corrected chi connectivity index (χ3v) is 5.64. The first kappa shape index (κ1) is 18.8. The van der Waals surface area contributed by atoms with E-state index in [0.717, 1.165) is 24.3 Å². The van der Waals surface area contributed by atoms with Crippen LogP contribution in [-0.2, 0) is 10.0 Å². The summed E-state index contributed by atoms with van der Waals surface area (Å²) in [5, 5.41) is 0. The SMILES string of the molecule is CN1C(=O)c2cc(S(=O)(=O)Nc3ccc(F)c(F)c3)ccc2Oc2cccnc21. The monoisotopic (exact) mass is 417 g/mol. The van der Waals surface area contributed by atoms with Gasteiger partial charge in [-0.25, -0.2) is 22.2 Å². The van der Waals surface area contributed by atoms with Gasteiger partial charge in [-0.05, 0) is 42.5 Å². The van der Waals surface area contributed by atoms with Crippen LogP contribution >= 0.6 is 0 Å². The van der Waals surface area contributed by atoms with Crippen molar-refractivity contribution in [3.05, 3.63) is 71.9 Å². The molecule has 29 heavy (non-hydrogen) atoms. The third kappa shape index (κ3) is 3.38. The number of carbonyl (C=O) groups excluding carboxylic acids is 1. The number of aromatic nitrogens is 1. The van der Waals surface area contributed by atoms with E-state index in [9.17, 15) is 22.0 Å². The fraction of sp³-hybridized carbons (Fsp3) is 0.0526. The van der Waals surface area contributed by atoms with Crippen LogP contribution in [0.15, 0.2) is 59.6 Å². The number of rotatable bonds is 3. The van der Waals surface area contributed by atoms with Crippen LogP contribution in [0.1, 0.15) is 10.4 Å². The summed E-state index contributed by atoms with van der Waals surface area (Å²) in [4.78, 5) is 17.9. The molecule has 1 aliphatic heterocycles. The Labute approximate surface area is 164 Å². The third-order valence-electron chi connectivity index (χ3n) is 4.26. The van der Waals surface area contributed by atoms with Gasteiger partial charge in [0, 0.05) is 19.3 Å². The smallest absolute Gasteiger partial charge is 0.263 e. The molecule has 0 saturated heterocycles. The number of sulfonamides is 1. The number of nitrogens with one attached hydrogen (secondary N) is 1. The Hall–Kier alpha value is -3.53. The molecule has 1 aliphatic rings. The average molecular weight is 417 g/mol. The molecule has 148 valence electrons. The minimum absolute atomic E-state index is 0.0126. The topological polar surface area (TPSA) is 88.6 Å². The van der Waals surface area contributed by atoms with E-state index in [2.05, 4.69) is 9.71 Å². The molecule has 2 aromatic carbocycles. The molecule has 0 unspecified atom stereocenters. The summed E-state index contributed by atoms with van der Waals surface area (Å²) in [6.07, 6.45) is 1.50. The molecule has 7 nitrogen and oxygen atoms in total. The summed E-state index contributed by atoms with van der Waals surface area (Å²) in [7, 11) is -2.68. The van der Waals surface area contributed by atoms with E-state index in [1.54, 1.807) is 12.1 Å². The summed E-state index contributed by atoms with van der Waals surface area (Å²) in [6, 6.07) is 9.65. The minimum Gasteiger partial charge on any atom is -0.453 e. The number of hydrogen-bond acceptors (Lipinski definition) is 5. The van der Waals surface area contributed by atoms with Crippen LogP contribution in [0.2, 0.25) is 0 Å². The van der Waals surface area contributed by atoms with E-state index in [1.807, 2.05) is 0 Å². The molecule has 0 saturated carbocycles. The second-order valence-electron chi connectivity index (χ2n) is 6.18. The molecule has 0 aliphatic carbocycles. The first-order valence-corrected chi connectivity index (χ1v) is 9.77. The predicted molar refractivity (Wildman–Crippen MR) is 101 cm³/mol. The number of anilines is 2. The standard InChI is InChI=1S/C19H13F2N3O4S/c1-24-18-17(3-2-8-22-18)28-16-7-5-12(10-13(16)19(24)25)29(26,27)23-11-4-6-14(20)15(21)9-11/h2-10,23H,1H3. The predicted octanol–water partition coefficient (Wildman–Crippen LogP) is 3.54. The molecule has 2 heterocycles. The fourth-order valence-corrected chi connectivity index (χ4v) is 3.89. The first-order valence-electron chi connectivity index (χ1n) is 8.29. The summed E-state index contributed by atoms with van der Waals surface area (Å²) in [6.45, 7) is 0. The molecule has 1 amide bonds. The number of carbonyl (C=O) groups is 1. The van der Waals surface area contributed by atoms with Crippen molar-refractivity contribution in [2.45, 2.75) is 4.90 Å². The highest BCUT2D eigenvalue weighted by molar-refractivity contribution is 7.92. The van der Waals surface area contributed by atoms with Crippen LogP contribution in [0.25, 0.3) is 0 Å². The van der Waals surface area contributed by atoms with Gasteiger partial charge in [-0.2, -0.15) is 0 Å². The van der Waals surface area contributed by atoms with Crippen LogP contribution in [0.4, 0.5) is 20.3 Å². The van der Waals surface area contributed by atoms with Crippen molar-refractivity contribution in [3.8, 4) is 11.5 Å². The highest BCUT2D eigenvalue weighted by Crippen LogP contribution is 2.37. The molecule has 1 N–H and O–H groups in total. The van der Waals surface area contributed by atoms with Gasteiger partial charge < -0.3 is 4.74 Å². The Morgan fingerprint density at radius 2 is 1.83 bits per heavy atom. The summed E-state index contributed by atoms with van der Waals surface area (Å²) in [5.74, 6) is -2.00. The van der Waals surface area contributed by atoms with E-state index in [-0.39, 0.29) is 27.7 Å². The lowest BCUT2D eigenvalue weighted by Crippen LogP contribution is -2.26. The van der Waals surface area contributed by atoms with Crippen molar-refractivity contribution in [1.82, 2.24) is 4.98 Å². The van der Waals surface area contributed by atoms with Gasteiger partial charge >= 0.3 is 0 Å². The molecule has 0 radical (unpaired) electrons. The molecule has 0 atom stereocenters. The first-order chi connectivity index (χ1) is 13.8. The maximum atomic E-state index is 13.4. The van der Waals surface area contributed by atoms with Crippen LogP contribution in [0.5, 0.6) is 11.5 Å². The molecular weight excluding hydrogens is 404 g/mol. The number of amides is 1. The van der Waals surface area contributed by atoms with Crippen molar-refractivity contribution in [2.75, 3.05) is 16.7 Å². The number of hydrogen-bond donors (Lipinski definition) is 1. The Morgan fingerprint density at radius 3 is 2.59 bits per heavy atom. The summed E-state index contributed by atoms with van der Waals surface area (Å²) < 4.78 is 59.7. The van der Waals surface area contributed by atoms with Crippen molar-refractivity contribution in [1.29, 1.82) is 0 Å². The van der Waals surface area contributed by atoms with Crippen LogP contribution in [-0.4, -0.2) is 26.4 Å². The van der Waals surface area contributed by atoms with Crippen molar-refractivity contribution in [2.24, 2.45) is 0 Å². The van der Waals surface area contributed by atoms with E-state index in [1.165, 1.54) is 30.3 Å². The molecule has 4 rings (SSSR count).